The van der Waals surface area contributed by atoms with Gasteiger partial charge in [0.05, 0.1) is 28.5 Å². The molecule has 0 aliphatic carbocycles. The standard InChI is InChI=1S/C23H28N4O/c1-16-9-7-8-12-26(16)22(28)19-13-21(25-20-11-6-5-10-18(19)20)17-14-24-27(15-17)23(2,3)4/h5-6,10-11,13-16H,7-9,12H2,1-4H3/t16-/m0/s1. The predicted molar refractivity (Wildman–Crippen MR) is 112 cm³/mol. The molecule has 1 atom stereocenters. The summed E-state index contributed by atoms with van der Waals surface area (Å²) in [5.74, 6) is 0.107. The molecule has 0 unspecified atom stereocenters. The number of hydrogen-bond acceptors (Lipinski definition) is 3. The van der Waals surface area contributed by atoms with Crippen LogP contribution in [0.25, 0.3) is 22.2 Å². The summed E-state index contributed by atoms with van der Waals surface area (Å²) in [6, 6.07) is 10.1. The molecule has 28 heavy (non-hydrogen) atoms. The molecule has 4 rings (SSSR count). The number of nitrogens with zero attached hydrogens (tertiary/aromatic N) is 4. The first-order valence-electron chi connectivity index (χ1n) is 10.1. The van der Waals surface area contributed by atoms with Gasteiger partial charge in [0.25, 0.3) is 5.91 Å². The summed E-state index contributed by atoms with van der Waals surface area (Å²) < 4.78 is 1.94. The van der Waals surface area contributed by atoms with Crippen LogP contribution in [0.4, 0.5) is 0 Å². The number of fused-ring (bicyclic) bond motifs is 1. The van der Waals surface area contributed by atoms with Gasteiger partial charge in [0, 0.05) is 29.7 Å². The van der Waals surface area contributed by atoms with E-state index in [1.165, 1.54) is 6.42 Å². The third kappa shape index (κ3) is 3.41. The molecule has 146 valence electrons. The van der Waals surface area contributed by atoms with Gasteiger partial charge < -0.3 is 4.90 Å². The van der Waals surface area contributed by atoms with Gasteiger partial charge in [-0.15, -0.1) is 0 Å². The van der Waals surface area contributed by atoms with Crippen molar-refractivity contribution in [1.82, 2.24) is 19.7 Å². The van der Waals surface area contributed by atoms with Crippen molar-refractivity contribution in [1.29, 1.82) is 0 Å². The van der Waals surface area contributed by atoms with Gasteiger partial charge in [-0.2, -0.15) is 5.10 Å². The van der Waals surface area contributed by atoms with Crippen molar-refractivity contribution >= 4 is 16.8 Å². The topological polar surface area (TPSA) is 51.0 Å². The third-order valence-corrected chi connectivity index (χ3v) is 5.58. The number of amides is 1. The van der Waals surface area contributed by atoms with Crippen LogP contribution in [0.2, 0.25) is 0 Å². The van der Waals surface area contributed by atoms with Gasteiger partial charge in [0.1, 0.15) is 0 Å². The minimum absolute atomic E-state index is 0.100. The van der Waals surface area contributed by atoms with Crippen molar-refractivity contribution in [3.8, 4) is 11.3 Å². The van der Waals surface area contributed by atoms with Crippen LogP contribution in [0.5, 0.6) is 0 Å². The lowest BCUT2D eigenvalue weighted by Gasteiger charge is -2.33. The molecular formula is C23H28N4O. The van der Waals surface area contributed by atoms with E-state index in [-0.39, 0.29) is 17.5 Å². The number of carbonyl (C=O) groups is 1. The molecule has 1 amide bonds. The maximum Gasteiger partial charge on any atom is 0.254 e. The third-order valence-electron chi connectivity index (χ3n) is 5.58. The zero-order valence-corrected chi connectivity index (χ0v) is 17.1. The zero-order valence-electron chi connectivity index (χ0n) is 17.1. The molecule has 2 aromatic heterocycles. The smallest absolute Gasteiger partial charge is 0.254 e. The number of hydrogen-bond donors (Lipinski definition) is 0. The molecule has 3 aromatic rings. The molecule has 1 aliphatic heterocycles. The molecule has 1 fully saturated rings. The van der Waals surface area contributed by atoms with Gasteiger partial charge in [0.2, 0.25) is 0 Å². The lowest BCUT2D eigenvalue weighted by Crippen LogP contribution is -2.42. The molecule has 5 nitrogen and oxygen atoms in total. The summed E-state index contributed by atoms with van der Waals surface area (Å²) in [7, 11) is 0. The SMILES string of the molecule is C[C@H]1CCCCN1C(=O)c1cc(-c2cnn(C(C)(C)C)c2)nc2ccccc12. The number of para-hydroxylation sites is 1. The maximum atomic E-state index is 13.4. The fourth-order valence-corrected chi connectivity index (χ4v) is 3.88. The van der Waals surface area contributed by atoms with E-state index in [0.29, 0.717) is 0 Å². The number of likely N-dealkylation sites (tertiary alicyclic amines) is 1. The lowest BCUT2D eigenvalue weighted by atomic mass is 10.00. The van der Waals surface area contributed by atoms with Gasteiger partial charge >= 0.3 is 0 Å². The van der Waals surface area contributed by atoms with E-state index in [0.717, 1.165) is 47.1 Å². The van der Waals surface area contributed by atoms with E-state index in [1.54, 1.807) is 0 Å². The number of benzene rings is 1. The van der Waals surface area contributed by atoms with E-state index in [9.17, 15) is 4.79 Å². The van der Waals surface area contributed by atoms with Gasteiger partial charge in [-0.1, -0.05) is 18.2 Å². The minimum atomic E-state index is -0.100. The summed E-state index contributed by atoms with van der Waals surface area (Å²) in [5.41, 5.74) is 3.20. The number of carbonyl (C=O) groups excluding carboxylic acids is 1. The quantitative estimate of drug-likeness (QED) is 0.641. The molecular weight excluding hydrogens is 348 g/mol. The van der Waals surface area contributed by atoms with E-state index >= 15 is 0 Å². The molecule has 5 heteroatoms. The van der Waals surface area contributed by atoms with Crippen molar-refractivity contribution < 1.29 is 4.79 Å². The summed E-state index contributed by atoms with van der Waals surface area (Å²) in [6.07, 6.45) is 7.18. The highest BCUT2D eigenvalue weighted by Gasteiger charge is 2.26. The Labute approximate surface area is 166 Å². The number of aromatic nitrogens is 3. The summed E-state index contributed by atoms with van der Waals surface area (Å²) in [6.45, 7) is 9.32. The molecule has 0 bridgehead atoms. The Morgan fingerprint density at radius 1 is 1.18 bits per heavy atom. The normalized spacial score (nSPS) is 17.9. The summed E-state index contributed by atoms with van der Waals surface area (Å²) in [4.78, 5) is 20.3. The predicted octanol–water partition coefficient (Wildman–Crippen LogP) is 4.87. The average Bonchev–Trinajstić information content (AvgIpc) is 3.18. The second-order valence-electron chi connectivity index (χ2n) is 8.76. The molecule has 1 aromatic carbocycles. The fourth-order valence-electron chi connectivity index (χ4n) is 3.88. The molecule has 1 aliphatic rings. The summed E-state index contributed by atoms with van der Waals surface area (Å²) in [5, 5.41) is 5.42. The highest BCUT2D eigenvalue weighted by atomic mass is 16.2. The Morgan fingerprint density at radius 2 is 1.96 bits per heavy atom. The van der Waals surface area contributed by atoms with E-state index in [1.807, 2.05) is 52.3 Å². The minimum Gasteiger partial charge on any atom is -0.336 e. The van der Waals surface area contributed by atoms with Crippen LogP contribution >= 0.6 is 0 Å². The van der Waals surface area contributed by atoms with Crippen molar-refractivity contribution in [2.24, 2.45) is 0 Å². The largest absolute Gasteiger partial charge is 0.336 e. The van der Waals surface area contributed by atoms with Crippen LogP contribution in [-0.4, -0.2) is 38.2 Å². The van der Waals surface area contributed by atoms with Crippen LogP contribution < -0.4 is 0 Å². The Kier molecular flexibility index (Phi) is 4.69. The number of piperidine rings is 1. The molecule has 3 heterocycles. The van der Waals surface area contributed by atoms with Crippen LogP contribution in [0.15, 0.2) is 42.7 Å². The first kappa shape index (κ1) is 18.7. The maximum absolute atomic E-state index is 13.4. The number of pyridine rings is 1. The van der Waals surface area contributed by atoms with Gasteiger partial charge in [0.15, 0.2) is 0 Å². The van der Waals surface area contributed by atoms with Gasteiger partial charge in [-0.3, -0.25) is 9.48 Å². The highest BCUT2D eigenvalue weighted by molar-refractivity contribution is 6.07. The lowest BCUT2D eigenvalue weighted by molar-refractivity contribution is 0.0637. The number of rotatable bonds is 2. The second kappa shape index (κ2) is 7.04. The fraction of sp³-hybridized carbons (Fsp3) is 0.435. The van der Waals surface area contributed by atoms with E-state index in [2.05, 4.69) is 32.8 Å². The average molecular weight is 377 g/mol. The van der Waals surface area contributed by atoms with Crippen molar-refractivity contribution in [2.45, 2.75) is 58.5 Å². The Hall–Kier alpha value is -2.69. The van der Waals surface area contributed by atoms with Crippen molar-refractivity contribution in [3.05, 3.63) is 48.3 Å². The highest BCUT2D eigenvalue weighted by Crippen LogP contribution is 2.28. The van der Waals surface area contributed by atoms with Crippen LogP contribution in [0.3, 0.4) is 0 Å². The monoisotopic (exact) mass is 376 g/mol. The van der Waals surface area contributed by atoms with Gasteiger partial charge in [-0.05, 0) is 59.1 Å². The Morgan fingerprint density at radius 3 is 2.68 bits per heavy atom. The Balaban J connectivity index is 1.82. The Bertz CT molecular complexity index is 1010. The molecule has 0 spiro atoms. The van der Waals surface area contributed by atoms with Crippen molar-refractivity contribution in [3.63, 3.8) is 0 Å². The van der Waals surface area contributed by atoms with Gasteiger partial charge in [-0.25, -0.2) is 4.98 Å². The molecule has 0 saturated carbocycles. The van der Waals surface area contributed by atoms with Crippen LogP contribution in [0, 0.1) is 0 Å². The van der Waals surface area contributed by atoms with Crippen LogP contribution in [0.1, 0.15) is 57.3 Å². The first-order valence-corrected chi connectivity index (χ1v) is 10.1. The van der Waals surface area contributed by atoms with E-state index < -0.39 is 0 Å². The summed E-state index contributed by atoms with van der Waals surface area (Å²) >= 11 is 0. The second-order valence-corrected chi connectivity index (χ2v) is 8.76. The molecule has 1 saturated heterocycles. The van der Waals surface area contributed by atoms with Crippen LogP contribution in [-0.2, 0) is 5.54 Å². The zero-order chi connectivity index (χ0) is 19.9. The molecule has 0 radical (unpaired) electrons. The first-order chi connectivity index (χ1) is 13.3. The van der Waals surface area contributed by atoms with E-state index in [4.69, 9.17) is 4.98 Å². The van der Waals surface area contributed by atoms with Crippen molar-refractivity contribution in [2.75, 3.05) is 6.54 Å². The molecule has 0 N–H and O–H groups in total.